The third-order valence-electron chi connectivity index (χ3n) is 3.30. The first kappa shape index (κ1) is 14.0. The first-order valence-electron chi connectivity index (χ1n) is 6.27. The molecule has 2 rings (SSSR count). The molecule has 1 saturated heterocycles. The number of amides is 2. The van der Waals surface area contributed by atoms with Gasteiger partial charge in [0.25, 0.3) is 0 Å². The van der Waals surface area contributed by atoms with Gasteiger partial charge in [0, 0.05) is 13.6 Å². The number of likely N-dealkylation sites (N-methyl/N-ethyl adjacent to an activating group) is 1. The van der Waals surface area contributed by atoms with E-state index < -0.39 is 5.97 Å². The average Bonchev–Trinajstić information content (AvgIpc) is 2.37. The number of rotatable bonds is 4. The molecule has 106 valence electrons. The first-order chi connectivity index (χ1) is 9.47. The van der Waals surface area contributed by atoms with E-state index in [1.54, 1.807) is 31.3 Å². The van der Waals surface area contributed by atoms with Gasteiger partial charge in [0.05, 0.1) is 13.0 Å². The van der Waals surface area contributed by atoms with E-state index in [1.807, 2.05) is 0 Å². The SMILES string of the molecule is CN1CC(=O)N(Cc2ccccc2CC(=O)O)CC1=O. The van der Waals surface area contributed by atoms with Crippen LogP contribution in [-0.2, 0) is 27.3 Å². The lowest BCUT2D eigenvalue weighted by atomic mass is 10.0. The summed E-state index contributed by atoms with van der Waals surface area (Å²) in [5.74, 6) is -1.16. The number of aliphatic carboxylic acids is 1. The van der Waals surface area contributed by atoms with Crippen molar-refractivity contribution < 1.29 is 19.5 Å². The van der Waals surface area contributed by atoms with Crippen LogP contribution in [0.25, 0.3) is 0 Å². The highest BCUT2D eigenvalue weighted by Gasteiger charge is 2.27. The van der Waals surface area contributed by atoms with Gasteiger partial charge in [-0.05, 0) is 11.1 Å². The molecular formula is C14H16N2O4. The topological polar surface area (TPSA) is 77.9 Å². The molecule has 0 aromatic heterocycles. The summed E-state index contributed by atoms with van der Waals surface area (Å²) in [6.07, 6.45) is -0.0912. The van der Waals surface area contributed by atoms with Crippen molar-refractivity contribution >= 4 is 17.8 Å². The Morgan fingerprint density at radius 2 is 1.80 bits per heavy atom. The molecule has 1 aliphatic rings. The molecule has 6 heteroatoms. The van der Waals surface area contributed by atoms with Crippen LogP contribution in [0.4, 0.5) is 0 Å². The van der Waals surface area contributed by atoms with E-state index in [4.69, 9.17) is 5.11 Å². The van der Waals surface area contributed by atoms with Gasteiger partial charge < -0.3 is 14.9 Å². The third kappa shape index (κ3) is 3.14. The van der Waals surface area contributed by atoms with Crippen molar-refractivity contribution in [1.29, 1.82) is 0 Å². The smallest absolute Gasteiger partial charge is 0.307 e. The van der Waals surface area contributed by atoms with Crippen molar-refractivity contribution in [2.45, 2.75) is 13.0 Å². The average molecular weight is 276 g/mol. The number of nitrogens with zero attached hydrogens (tertiary/aromatic N) is 2. The molecule has 0 aliphatic carbocycles. The first-order valence-corrected chi connectivity index (χ1v) is 6.27. The summed E-state index contributed by atoms with van der Waals surface area (Å²) in [5.41, 5.74) is 1.43. The van der Waals surface area contributed by atoms with Crippen LogP contribution < -0.4 is 0 Å². The lowest BCUT2D eigenvalue weighted by Gasteiger charge is -2.32. The summed E-state index contributed by atoms with van der Waals surface area (Å²) < 4.78 is 0. The third-order valence-corrected chi connectivity index (χ3v) is 3.30. The van der Waals surface area contributed by atoms with Crippen LogP contribution in [0.1, 0.15) is 11.1 Å². The monoisotopic (exact) mass is 276 g/mol. The molecule has 1 aromatic carbocycles. The second-order valence-electron chi connectivity index (χ2n) is 4.84. The van der Waals surface area contributed by atoms with E-state index in [-0.39, 0.29) is 37.9 Å². The molecule has 0 atom stereocenters. The van der Waals surface area contributed by atoms with Gasteiger partial charge in [-0.25, -0.2) is 0 Å². The van der Waals surface area contributed by atoms with Crippen molar-refractivity contribution in [3.05, 3.63) is 35.4 Å². The summed E-state index contributed by atoms with van der Waals surface area (Å²) in [4.78, 5) is 37.2. The minimum atomic E-state index is -0.918. The minimum absolute atomic E-state index is 0.0384. The maximum atomic E-state index is 11.9. The van der Waals surface area contributed by atoms with E-state index in [0.717, 1.165) is 5.56 Å². The minimum Gasteiger partial charge on any atom is -0.481 e. The van der Waals surface area contributed by atoms with Crippen LogP contribution in [0.2, 0.25) is 0 Å². The Bertz CT molecular complexity index is 556. The van der Waals surface area contributed by atoms with Crippen LogP contribution in [-0.4, -0.2) is 52.8 Å². The Hall–Kier alpha value is -2.37. The highest BCUT2D eigenvalue weighted by Crippen LogP contribution is 2.15. The van der Waals surface area contributed by atoms with Gasteiger partial charge in [-0.2, -0.15) is 0 Å². The van der Waals surface area contributed by atoms with E-state index in [0.29, 0.717) is 5.56 Å². The highest BCUT2D eigenvalue weighted by atomic mass is 16.4. The Morgan fingerprint density at radius 1 is 1.15 bits per heavy atom. The standard InChI is InChI=1S/C14H16N2O4/c1-15-8-13(18)16(9-12(15)17)7-11-5-3-2-4-10(11)6-14(19)20/h2-5H,6-9H2,1H3,(H,19,20). The van der Waals surface area contributed by atoms with Crippen molar-refractivity contribution in [3.8, 4) is 0 Å². The second-order valence-corrected chi connectivity index (χ2v) is 4.84. The van der Waals surface area contributed by atoms with Crippen molar-refractivity contribution in [3.63, 3.8) is 0 Å². The number of hydrogen-bond donors (Lipinski definition) is 1. The van der Waals surface area contributed by atoms with Crippen LogP contribution in [0, 0.1) is 0 Å². The summed E-state index contributed by atoms with van der Waals surface area (Å²) >= 11 is 0. The second kappa shape index (κ2) is 5.73. The predicted molar refractivity (Wildman–Crippen MR) is 70.8 cm³/mol. The van der Waals surface area contributed by atoms with E-state index >= 15 is 0 Å². The Labute approximate surface area is 116 Å². The molecule has 20 heavy (non-hydrogen) atoms. The number of carbonyl (C=O) groups is 3. The Balaban J connectivity index is 2.15. The van der Waals surface area contributed by atoms with Gasteiger partial charge in [-0.15, -0.1) is 0 Å². The van der Waals surface area contributed by atoms with Gasteiger partial charge in [0.1, 0.15) is 6.54 Å². The summed E-state index contributed by atoms with van der Waals surface area (Å²) in [6.45, 7) is 0.374. The fourth-order valence-electron chi connectivity index (χ4n) is 2.16. The number of hydrogen-bond acceptors (Lipinski definition) is 3. The lowest BCUT2D eigenvalue weighted by Crippen LogP contribution is -2.51. The van der Waals surface area contributed by atoms with E-state index in [1.165, 1.54) is 9.80 Å². The quantitative estimate of drug-likeness (QED) is 0.847. The number of carboxylic acid groups (broad SMARTS) is 1. The summed E-state index contributed by atoms with van der Waals surface area (Å²) in [7, 11) is 1.59. The van der Waals surface area contributed by atoms with Crippen LogP contribution in [0.5, 0.6) is 0 Å². The van der Waals surface area contributed by atoms with Gasteiger partial charge in [0.15, 0.2) is 0 Å². The number of carboxylic acids is 1. The predicted octanol–water partition coefficient (Wildman–Crippen LogP) is 0.114. The van der Waals surface area contributed by atoms with Crippen molar-refractivity contribution in [2.75, 3.05) is 20.1 Å². The maximum Gasteiger partial charge on any atom is 0.307 e. The Morgan fingerprint density at radius 3 is 2.45 bits per heavy atom. The molecule has 1 aliphatic heterocycles. The fourth-order valence-corrected chi connectivity index (χ4v) is 2.16. The van der Waals surface area contributed by atoms with Crippen molar-refractivity contribution in [1.82, 2.24) is 9.80 Å². The summed E-state index contributed by atoms with van der Waals surface area (Å²) in [5, 5.41) is 8.88. The zero-order valence-electron chi connectivity index (χ0n) is 11.2. The molecule has 1 fully saturated rings. The molecule has 0 saturated carbocycles. The molecule has 1 N–H and O–H groups in total. The van der Waals surface area contributed by atoms with E-state index in [2.05, 4.69) is 0 Å². The molecule has 0 bridgehead atoms. The molecule has 0 radical (unpaired) electrons. The fraction of sp³-hybridized carbons (Fsp3) is 0.357. The normalized spacial score (nSPS) is 15.7. The molecule has 0 unspecified atom stereocenters. The lowest BCUT2D eigenvalue weighted by molar-refractivity contribution is -0.149. The van der Waals surface area contributed by atoms with Gasteiger partial charge in [-0.3, -0.25) is 14.4 Å². The van der Waals surface area contributed by atoms with Gasteiger partial charge >= 0.3 is 5.97 Å². The zero-order valence-corrected chi connectivity index (χ0v) is 11.2. The maximum absolute atomic E-state index is 11.9. The molecule has 1 aromatic rings. The molecular weight excluding hydrogens is 260 g/mol. The van der Waals surface area contributed by atoms with Crippen LogP contribution in [0.3, 0.4) is 0 Å². The van der Waals surface area contributed by atoms with Gasteiger partial charge in [-0.1, -0.05) is 24.3 Å². The highest BCUT2D eigenvalue weighted by molar-refractivity contribution is 5.92. The number of piperazine rings is 1. The van der Waals surface area contributed by atoms with Crippen LogP contribution >= 0.6 is 0 Å². The Kier molecular flexibility index (Phi) is 4.02. The molecule has 6 nitrogen and oxygen atoms in total. The zero-order chi connectivity index (χ0) is 14.7. The molecule has 0 spiro atoms. The van der Waals surface area contributed by atoms with Crippen molar-refractivity contribution in [2.24, 2.45) is 0 Å². The largest absolute Gasteiger partial charge is 0.481 e. The summed E-state index contributed by atoms with van der Waals surface area (Å²) in [6, 6.07) is 7.07. The molecule has 1 heterocycles. The van der Waals surface area contributed by atoms with Crippen LogP contribution in [0.15, 0.2) is 24.3 Å². The number of carbonyl (C=O) groups excluding carboxylic acids is 2. The van der Waals surface area contributed by atoms with E-state index in [9.17, 15) is 14.4 Å². The number of benzene rings is 1. The molecule has 2 amide bonds. The van der Waals surface area contributed by atoms with Gasteiger partial charge in [0.2, 0.25) is 11.8 Å².